The van der Waals surface area contributed by atoms with E-state index in [1.54, 1.807) is 6.07 Å². The average molecular weight is 195 g/mol. The summed E-state index contributed by atoms with van der Waals surface area (Å²) in [6.07, 6.45) is 0.547. The van der Waals surface area contributed by atoms with Gasteiger partial charge in [-0.15, -0.1) is 0 Å². The van der Waals surface area contributed by atoms with Gasteiger partial charge in [-0.2, -0.15) is 0 Å². The van der Waals surface area contributed by atoms with Crippen LogP contribution in [-0.4, -0.2) is 17.6 Å². The zero-order valence-corrected chi connectivity index (χ0v) is 7.46. The molecule has 1 heterocycles. The summed E-state index contributed by atoms with van der Waals surface area (Å²) in [5.41, 5.74) is 1.07. The number of carboxylic acid groups (broad SMARTS) is 1. The maximum absolute atomic E-state index is 13.3. The van der Waals surface area contributed by atoms with E-state index in [0.717, 1.165) is 0 Å². The Morgan fingerprint density at radius 2 is 2.36 bits per heavy atom. The number of carbonyl (C=O) groups is 1. The Balaban J connectivity index is 2.49. The van der Waals surface area contributed by atoms with Crippen molar-refractivity contribution in [2.45, 2.75) is 12.5 Å². The summed E-state index contributed by atoms with van der Waals surface area (Å²) in [4.78, 5) is 10.8. The zero-order valence-electron chi connectivity index (χ0n) is 7.46. The second kappa shape index (κ2) is 3.38. The van der Waals surface area contributed by atoms with Crippen LogP contribution in [0.5, 0.6) is 0 Å². The smallest absolute Gasteiger partial charge is 0.325 e. The van der Waals surface area contributed by atoms with Crippen LogP contribution in [-0.2, 0) is 11.2 Å². The monoisotopic (exact) mass is 195 g/mol. The molecule has 1 aliphatic heterocycles. The van der Waals surface area contributed by atoms with E-state index in [2.05, 4.69) is 5.32 Å². The van der Waals surface area contributed by atoms with Gasteiger partial charge in [-0.05, 0) is 23.6 Å². The van der Waals surface area contributed by atoms with Crippen molar-refractivity contribution in [3.05, 3.63) is 35.1 Å². The second-order valence-electron chi connectivity index (χ2n) is 3.28. The first kappa shape index (κ1) is 9.15. The Morgan fingerprint density at radius 3 is 3.07 bits per heavy atom. The van der Waals surface area contributed by atoms with Crippen molar-refractivity contribution in [1.82, 2.24) is 5.32 Å². The molecule has 1 atom stereocenters. The van der Waals surface area contributed by atoms with E-state index < -0.39 is 12.0 Å². The van der Waals surface area contributed by atoms with Crippen molar-refractivity contribution in [2.75, 3.05) is 6.54 Å². The summed E-state index contributed by atoms with van der Waals surface area (Å²) in [5, 5.41) is 11.7. The van der Waals surface area contributed by atoms with Gasteiger partial charge >= 0.3 is 5.97 Å². The highest BCUT2D eigenvalue weighted by atomic mass is 19.1. The van der Waals surface area contributed by atoms with Gasteiger partial charge in [0.15, 0.2) is 0 Å². The molecular formula is C10H10FNO2. The van der Waals surface area contributed by atoms with E-state index in [-0.39, 0.29) is 5.82 Å². The van der Waals surface area contributed by atoms with E-state index in [1.807, 2.05) is 0 Å². The quantitative estimate of drug-likeness (QED) is 0.705. The highest BCUT2D eigenvalue weighted by molar-refractivity contribution is 5.76. The predicted octanol–water partition coefficient (Wildman–Crippen LogP) is 1.10. The van der Waals surface area contributed by atoms with Crippen LogP contribution >= 0.6 is 0 Å². The molecule has 0 saturated carbocycles. The number of benzene rings is 1. The normalized spacial score (nSPS) is 20.2. The molecule has 4 heteroatoms. The molecule has 3 nitrogen and oxygen atoms in total. The third-order valence-electron chi connectivity index (χ3n) is 2.44. The van der Waals surface area contributed by atoms with Gasteiger partial charge in [0.2, 0.25) is 0 Å². The first-order chi connectivity index (χ1) is 6.70. The summed E-state index contributed by atoms with van der Waals surface area (Å²) in [6, 6.07) is 3.79. The summed E-state index contributed by atoms with van der Waals surface area (Å²) < 4.78 is 13.3. The molecule has 2 rings (SSSR count). The number of hydrogen-bond donors (Lipinski definition) is 2. The molecule has 1 aromatic rings. The van der Waals surface area contributed by atoms with Crippen molar-refractivity contribution < 1.29 is 14.3 Å². The topological polar surface area (TPSA) is 49.3 Å². The lowest BCUT2D eigenvalue weighted by atomic mass is 9.94. The minimum absolute atomic E-state index is 0.310. The van der Waals surface area contributed by atoms with Crippen molar-refractivity contribution in [2.24, 2.45) is 0 Å². The van der Waals surface area contributed by atoms with Gasteiger partial charge in [-0.25, -0.2) is 4.39 Å². The van der Waals surface area contributed by atoms with Crippen molar-refractivity contribution >= 4 is 5.97 Å². The molecular weight excluding hydrogens is 185 g/mol. The van der Waals surface area contributed by atoms with Gasteiger partial charge in [-0.1, -0.05) is 12.1 Å². The maximum Gasteiger partial charge on any atom is 0.325 e. The van der Waals surface area contributed by atoms with Gasteiger partial charge < -0.3 is 10.4 Å². The van der Waals surface area contributed by atoms with Gasteiger partial charge in [-0.3, -0.25) is 4.79 Å². The molecule has 0 aliphatic carbocycles. The predicted molar refractivity (Wildman–Crippen MR) is 48.5 cm³/mol. The van der Waals surface area contributed by atoms with Crippen LogP contribution in [0.4, 0.5) is 4.39 Å². The lowest BCUT2D eigenvalue weighted by Crippen LogP contribution is -2.35. The number of fused-ring (bicyclic) bond motifs is 1. The first-order valence-corrected chi connectivity index (χ1v) is 4.43. The lowest BCUT2D eigenvalue weighted by molar-refractivity contribution is -0.139. The molecule has 14 heavy (non-hydrogen) atoms. The fourth-order valence-electron chi connectivity index (χ4n) is 1.78. The standard InChI is InChI=1S/C10H10FNO2/c11-8-3-1-2-7-6(8)4-5-12-9(7)10(13)14/h1-3,9,12H,4-5H2,(H,13,14)/t9-/m1/s1. The SMILES string of the molecule is O=C(O)[C@@H]1NCCc2c(F)cccc21. The first-order valence-electron chi connectivity index (χ1n) is 4.43. The molecule has 74 valence electrons. The molecule has 0 unspecified atom stereocenters. The minimum atomic E-state index is -0.962. The van der Waals surface area contributed by atoms with Crippen LogP contribution in [0.1, 0.15) is 17.2 Å². The molecule has 0 bridgehead atoms. The van der Waals surface area contributed by atoms with Crippen LogP contribution < -0.4 is 5.32 Å². The fourth-order valence-corrected chi connectivity index (χ4v) is 1.78. The van der Waals surface area contributed by atoms with E-state index in [9.17, 15) is 9.18 Å². The Kier molecular flexibility index (Phi) is 2.21. The maximum atomic E-state index is 13.3. The Bertz CT molecular complexity index is 378. The van der Waals surface area contributed by atoms with Gasteiger partial charge in [0, 0.05) is 6.54 Å². The molecule has 1 aromatic carbocycles. The fraction of sp³-hybridized carbons (Fsp3) is 0.300. The van der Waals surface area contributed by atoms with Gasteiger partial charge in [0.1, 0.15) is 11.9 Å². The van der Waals surface area contributed by atoms with E-state index in [0.29, 0.717) is 24.1 Å². The van der Waals surface area contributed by atoms with Crippen molar-refractivity contribution in [1.29, 1.82) is 0 Å². The highest BCUT2D eigenvalue weighted by Crippen LogP contribution is 2.24. The molecule has 0 radical (unpaired) electrons. The van der Waals surface area contributed by atoms with E-state index in [4.69, 9.17) is 5.11 Å². The van der Waals surface area contributed by atoms with Crippen molar-refractivity contribution in [3.63, 3.8) is 0 Å². The summed E-state index contributed by atoms with van der Waals surface area (Å²) >= 11 is 0. The van der Waals surface area contributed by atoms with Crippen LogP contribution in [0.15, 0.2) is 18.2 Å². The van der Waals surface area contributed by atoms with E-state index >= 15 is 0 Å². The summed E-state index contributed by atoms with van der Waals surface area (Å²) in [7, 11) is 0. The Hall–Kier alpha value is -1.42. The Morgan fingerprint density at radius 1 is 1.57 bits per heavy atom. The molecule has 2 N–H and O–H groups in total. The highest BCUT2D eigenvalue weighted by Gasteiger charge is 2.26. The molecule has 0 spiro atoms. The average Bonchev–Trinajstić information content (AvgIpc) is 2.17. The van der Waals surface area contributed by atoms with Crippen LogP contribution in [0, 0.1) is 5.82 Å². The lowest BCUT2D eigenvalue weighted by Gasteiger charge is -2.23. The molecule has 1 aliphatic rings. The summed E-state index contributed by atoms with van der Waals surface area (Å²) in [6.45, 7) is 0.505. The third-order valence-corrected chi connectivity index (χ3v) is 2.44. The summed E-state index contributed by atoms with van der Waals surface area (Å²) in [5.74, 6) is -1.27. The van der Waals surface area contributed by atoms with Gasteiger partial charge in [0.05, 0.1) is 0 Å². The number of aliphatic carboxylic acids is 1. The van der Waals surface area contributed by atoms with Crippen LogP contribution in [0.3, 0.4) is 0 Å². The van der Waals surface area contributed by atoms with Crippen LogP contribution in [0.2, 0.25) is 0 Å². The zero-order chi connectivity index (χ0) is 10.1. The minimum Gasteiger partial charge on any atom is -0.480 e. The Labute approximate surface area is 80.6 Å². The molecule has 0 amide bonds. The number of halogens is 1. The molecule has 0 saturated heterocycles. The number of rotatable bonds is 1. The van der Waals surface area contributed by atoms with Crippen LogP contribution in [0.25, 0.3) is 0 Å². The van der Waals surface area contributed by atoms with Crippen molar-refractivity contribution in [3.8, 4) is 0 Å². The second-order valence-corrected chi connectivity index (χ2v) is 3.28. The third kappa shape index (κ3) is 1.37. The van der Waals surface area contributed by atoms with Gasteiger partial charge in [0.25, 0.3) is 0 Å². The largest absolute Gasteiger partial charge is 0.480 e. The molecule has 0 fully saturated rings. The number of carboxylic acids is 1. The molecule has 0 aromatic heterocycles. The van der Waals surface area contributed by atoms with E-state index in [1.165, 1.54) is 12.1 Å². The number of nitrogens with one attached hydrogen (secondary N) is 1. The number of hydrogen-bond acceptors (Lipinski definition) is 2.